The topological polar surface area (TPSA) is 97.1 Å². The normalized spacial score (nSPS) is 22.4. The lowest BCUT2D eigenvalue weighted by Crippen LogP contribution is -2.54. The van der Waals surface area contributed by atoms with E-state index in [2.05, 4.69) is 27.9 Å². The van der Waals surface area contributed by atoms with Gasteiger partial charge < -0.3 is 20.0 Å². The molecule has 1 saturated carbocycles. The molecule has 0 aromatic heterocycles. The standard InChI is InChI=1S/C19H28Cl2IN3O5/c1-19(22,12-23-16-5-3-4-6-17(16)30-25(27)28)24(2)10-14(26)11-29-18-9-13(20)7-8-15(18)21/h7-9,14,16-17,23,26H,3-6,10-12H2,1-2H3. The Bertz CT molecular complexity index is 713. The molecular formula is C19H28Cl2IN3O5. The first-order chi connectivity index (χ1) is 14.1. The van der Waals surface area contributed by atoms with Gasteiger partial charge in [0.2, 0.25) is 0 Å². The number of nitrogens with one attached hydrogen (secondary N) is 1. The third kappa shape index (κ3) is 8.16. The number of aliphatic hydroxyl groups excluding tert-OH is 1. The predicted molar refractivity (Wildman–Crippen MR) is 125 cm³/mol. The van der Waals surface area contributed by atoms with Gasteiger partial charge in [-0.05, 0) is 38.9 Å². The van der Waals surface area contributed by atoms with Gasteiger partial charge in [0.1, 0.15) is 24.6 Å². The SMILES string of the molecule is CN(CC(O)COc1cc(Cl)ccc1Cl)C(C)(I)CNC1CCCCC1O[N+](=O)[O-]. The summed E-state index contributed by atoms with van der Waals surface area (Å²) in [6.07, 6.45) is 2.30. The van der Waals surface area contributed by atoms with Crippen LogP contribution in [0.15, 0.2) is 18.2 Å². The molecule has 1 aromatic rings. The molecule has 0 heterocycles. The molecule has 0 spiro atoms. The van der Waals surface area contributed by atoms with Crippen LogP contribution in [-0.4, -0.2) is 63.6 Å². The second-order valence-corrected chi connectivity index (χ2v) is 10.9. The van der Waals surface area contributed by atoms with Crippen LogP contribution in [0.5, 0.6) is 5.75 Å². The number of aliphatic hydroxyl groups is 1. The molecule has 4 atom stereocenters. The highest BCUT2D eigenvalue weighted by Gasteiger charge is 2.32. The molecule has 1 aromatic carbocycles. The van der Waals surface area contributed by atoms with E-state index < -0.39 is 17.3 Å². The fraction of sp³-hybridized carbons (Fsp3) is 0.684. The van der Waals surface area contributed by atoms with Gasteiger partial charge in [0, 0.05) is 30.2 Å². The number of hydrogen-bond acceptors (Lipinski definition) is 7. The van der Waals surface area contributed by atoms with Crippen molar-refractivity contribution < 1.29 is 19.8 Å². The number of halogens is 3. The highest BCUT2D eigenvalue weighted by molar-refractivity contribution is 14.1. The molecular weight excluding hydrogens is 548 g/mol. The Morgan fingerprint density at radius 1 is 1.43 bits per heavy atom. The molecule has 0 saturated heterocycles. The summed E-state index contributed by atoms with van der Waals surface area (Å²) in [5, 5.41) is 24.8. The predicted octanol–water partition coefficient (Wildman–Crippen LogP) is 3.93. The molecule has 1 aliphatic rings. The van der Waals surface area contributed by atoms with Gasteiger partial charge in [-0.25, -0.2) is 0 Å². The number of rotatable bonds is 11. The van der Waals surface area contributed by atoms with Crippen LogP contribution in [0.3, 0.4) is 0 Å². The zero-order valence-electron chi connectivity index (χ0n) is 17.0. The number of ether oxygens (including phenoxy) is 1. The first-order valence-corrected chi connectivity index (χ1v) is 11.6. The van der Waals surface area contributed by atoms with E-state index in [4.69, 9.17) is 32.8 Å². The zero-order valence-corrected chi connectivity index (χ0v) is 20.7. The summed E-state index contributed by atoms with van der Waals surface area (Å²) >= 11 is 14.3. The molecule has 170 valence electrons. The highest BCUT2D eigenvalue weighted by atomic mass is 127. The molecule has 2 rings (SSSR count). The van der Waals surface area contributed by atoms with Crippen molar-refractivity contribution in [3.8, 4) is 5.75 Å². The Labute approximate surface area is 200 Å². The first kappa shape index (κ1) is 25.7. The van der Waals surface area contributed by atoms with E-state index in [0.29, 0.717) is 35.3 Å². The largest absolute Gasteiger partial charge is 0.489 e. The van der Waals surface area contributed by atoms with E-state index in [1.54, 1.807) is 18.2 Å². The van der Waals surface area contributed by atoms with Crippen molar-refractivity contribution in [1.29, 1.82) is 0 Å². The first-order valence-electron chi connectivity index (χ1n) is 9.79. The van der Waals surface area contributed by atoms with E-state index in [9.17, 15) is 15.2 Å². The maximum atomic E-state index is 10.7. The summed E-state index contributed by atoms with van der Waals surface area (Å²) in [5.74, 6) is 0.430. The van der Waals surface area contributed by atoms with Crippen molar-refractivity contribution in [2.24, 2.45) is 0 Å². The fourth-order valence-corrected chi connectivity index (χ4v) is 4.10. The summed E-state index contributed by atoms with van der Waals surface area (Å²) in [7, 11) is 1.91. The average molecular weight is 576 g/mol. The Morgan fingerprint density at radius 3 is 2.83 bits per heavy atom. The lowest BCUT2D eigenvalue weighted by atomic mass is 9.92. The molecule has 4 unspecified atom stereocenters. The van der Waals surface area contributed by atoms with Crippen molar-refractivity contribution in [3.05, 3.63) is 38.4 Å². The van der Waals surface area contributed by atoms with E-state index in [1.807, 2.05) is 18.9 Å². The van der Waals surface area contributed by atoms with Gasteiger partial charge in [-0.3, -0.25) is 4.90 Å². The number of alkyl halides is 1. The van der Waals surface area contributed by atoms with E-state index >= 15 is 0 Å². The molecule has 1 aliphatic carbocycles. The Morgan fingerprint density at radius 2 is 2.13 bits per heavy atom. The van der Waals surface area contributed by atoms with Crippen molar-refractivity contribution in [1.82, 2.24) is 10.2 Å². The van der Waals surface area contributed by atoms with Crippen LogP contribution in [-0.2, 0) is 4.84 Å². The minimum Gasteiger partial charge on any atom is -0.489 e. The van der Waals surface area contributed by atoms with Crippen LogP contribution in [0.2, 0.25) is 10.0 Å². The van der Waals surface area contributed by atoms with Gasteiger partial charge in [0.25, 0.3) is 5.09 Å². The quantitative estimate of drug-likeness (QED) is 0.136. The summed E-state index contributed by atoms with van der Waals surface area (Å²) in [6.45, 7) is 3.07. The summed E-state index contributed by atoms with van der Waals surface area (Å²) < 4.78 is 5.28. The van der Waals surface area contributed by atoms with Crippen molar-refractivity contribution in [2.45, 2.75) is 54.4 Å². The number of hydrogen-bond donors (Lipinski definition) is 2. The molecule has 2 N–H and O–H groups in total. The molecule has 0 amide bonds. The lowest BCUT2D eigenvalue weighted by molar-refractivity contribution is -0.770. The van der Waals surface area contributed by atoms with E-state index in [1.165, 1.54) is 0 Å². The lowest BCUT2D eigenvalue weighted by Gasteiger charge is -2.38. The minimum atomic E-state index is -0.737. The van der Waals surface area contributed by atoms with Gasteiger partial charge in [-0.2, -0.15) is 0 Å². The van der Waals surface area contributed by atoms with Crippen LogP contribution in [0.4, 0.5) is 0 Å². The van der Waals surface area contributed by atoms with Crippen LogP contribution in [0.1, 0.15) is 32.6 Å². The molecule has 11 heteroatoms. The molecule has 1 fully saturated rings. The summed E-state index contributed by atoms with van der Waals surface area (Å²) in [4.78, 5) is 17.6. The van der Waals surface area contributed by atoms with Crippen LogP contribution in [0.25, 0.3) is 0 Å². The van der Waals surface area contributed by atoms with E-state index in [-0.39, 0.29) is 16.2 Å². The molecule has 30 heavy (non-hydrogen) atoms. The van der Waals surface area contributed by atoms with Crippen LogP contribution >= 0.6 is 45.8 Å². The van der Waals surface area contributed by atoms with Crippen LogP contribution < -0.4 is 10.1 Å². The number of nitrogens with zero attached hydrogens (tertiary/aromatic N) is 2. The Balaban J connectivity index is 1.82. The highest BCUT2D eigenvalue weighted by Crippen LogP contribution is 2.28. The second kappa shape index (κ2) is 11.9. The maximum absolute atomic E-state index is 10.7. The Kier molecular flexibility index (Phi) is 10.2. The van der Waals surface area contributed by atoms with Crippen molar-refractivity contribution in [2.75, 3.05) is 26.7 Å². The van der Waals surface area contributed by atoms with Gasteiger partial charge in [0.05, 0.1) is 8.57 Å². The van der Waals surface area contributed by atoms with Crippen LogP contribution in [0, 0.1) is 10.1 Å². The number of benzene rings is 1. The average Bonchev–Trinajstić information content (AvgIpc) is 2.67. The summed E-state index contributed by atoms with van der Waals surface area (Å²) in [5.41, 5.74) is 0. The Hall–Kier alpha value is -0.590. The zero-order chi connectivity index (χ0) is 22.3. The van der Waals surface area contributed by atoms with Crippen molar-refractivity contribution >= 4 is 45.8 Å². The molecule has 0 aliphatic heterocycles. The van der Waals surface area contributed by atoms with E-state index in [0.717, 1.165) is 19.3 Å². The monoisotopic (exact) mass is 575 g/mol. The third-order valence-corrected chi connectivity index (χ3v) is 6.97. The summed E-state index contributed by atoms with van der Waals surface area (Å²) in [6, 6.07) is 4.86. The van der Waals surface area contributed by atoms with Crippen molar-refractivity contribution in [3.63, 3.8) is 0 Å². The third-order valence-electron chi connectivity index (χ3n) is 5.22. The molecule has 0 bridgehead atoms. The van der Waals surface area contributed by atoms with Gasteiger partial charge in [-0.15, -0.1) is 10.1 Å². The van der Waals surface area contributed by atoms with Gasteiger partial charge >= 0.3 is 0 Å². The fourth-order valence-electron chi connectivity index (χ4n) is 3.35. The molecule has 8 nitrogen and oxygen atoms in total. The number of likely N-dealkylation sites (N-methyl/N-ethyl adjacent to an activating group) is 1. The van der Waals surface area contributed by atoms with Gasteiger partial charge in [0.15, 0.2) is 0 Å². The maximum Gasteiger partial charge on any atom is 0.294 e. The molecule has 0 radical (unpaired) electrons. The second-order valence-electron chi connectivity index (χ2n) is 7.70. The van der Waals surface area contributed by atoms with Gasteiger partial charge in [-0.1, -0.05) is 58.6 Å². The smallest absolute Gasteiger partial charge is 0.294 e. The minimum absolute atomic E-state index is 0.0649.